The lowest BCUT2D eigenvalue weighted by Gasteiger charge is -2.26. The van der Waals surface area contributed by atoms with E-state index in [9.17, 15) is 24.3 Å². The van der Waals surface area contributed by atoms with Crippen LogP contribution in [0.15, 0.2) is 42.5 Å². The molecule has 2 aliphatic heterocycles. The number of amides is 4. The van der Waals surface area contributed by atoms with Crippen molar-refractivity contribution in [1.29, 1.82) is 0 Å². The smallest absolute Gasteiger partial charge is 0.255 e. The molecular weight excluding hydrogens is 500 g/mol. The molecule has 0 spiro atoms. The average Bonchev–Trinajstić information content (AvgIpc) is 3.41. The summed E-state index contributed by atoms with van der Waals surface area (Å²) in [6, 6.07) is 8.63. The van der Waals surface area contributed by atoms with Crippen LogP contribution in [0.5, 0.6) is 17.2 Å². The maximum atomic E-state index is 13.2. The van der Waals surface area contributed by atoms with Gasteiger partial charge in [-0.25, -0.2) is 0 Å². The summed E-state index contributed by atoms with van der Waals surface area (Å²) < 4.78 is 5.89. The minimum absolute atomic E-state index is 0.0504. The molecule has 3 aliphatic rings. The van der Waals surface area contributed by atoms with Gasteiger partial charge in [0, 0.05) is 12.5 Å². The van der Waals surface area contributed by atoms with Gasteiger partial charge in [-0.05, 0) is 61.6 Å². The Balaban J connectivity index is 1.66. The molecule has 10 heteroatoms. The number of phenols is 1. The highest BCUT2D eigenvalue weighted by Gasteiger charge is 2.31. The Morgan fingerprint density at radius 2 is 1.62 bits per heavy atom. The molecule has 0 saturated heterocycles. The van der Waals surface area contributed by atoms with Gasteiger partial charge in [0.2, 0.25) is 17.7 Å². The van der Waals surface area contributed by atoms with Gasteiger partial charge >= 0.3 is 0 Å². The van der Waals surface area contributed by atoms with Crippen molar-refractivity contribution in [2.24, 2.45) is 5.92 Å². The molecule has 3 atom stereocenters. The van der Waals surface area contributed by atoms with E-state index in [1.165, 1.54) is 25.1 Å². The van der Waals surface area contributed by atoms with Crippen LogP contribution in [0.2, 0.25) is 0 Å². The number of carbonyl (C=O) groups excluding carboxylic acids is 4. The molecule has 0 radical (unpaired) electrons. The van der Waals surface area contributed by atoms with E-state index in [0.717, 1.165) is 31.2 Å². The van der Waals surface area contributed by atoms with Crippen LogP contribution in [-0.2, 0) is 20.8 Å². The topological polar surface area (TPSA) is 146 Å². The molecule has 1 aliphatic carbocycles. The Hall–Kier alpha value is -4.08. The SMILES string of the molecule is CC(C)[C@@H]1NC(=O)c2cc(ccc2O)Oc2ccc(cc2)C[C@H](C(=O)NC2CCCC2)NC(=O)[C@H](C)NC1=O. The fourth-order valence-corrected chi connectivity index (χ4v) is 4.83. The number of hydrogen-bond acceptors (Lipinski definition) is 6. The van der Waals surface area contributed by atoms with Gasteiger partial charge in [-0.2, -0.15) is 0 Å². The van der Waals surface area contributed by atoms with Gasteiger partial charge in [0.15, 0.2) is 0 Å². The van der Waals surface area contributed by atoms with Crippen LogP contribution in [-0.4, -0.2) is 52.9 Å². The Morgan fingerprint density at radius 1 is 0.949 bits per heavy atom. The van der Waals surface area contributed by atoms with Crippen LogP contribution < -0.4 is 26.0 Å². The average molecular weight is 537 g/mol. The molecule has 208 valence electrons. The largest absolute Gasteiger partial charge is 0.507 e. The summed E-state index contributed by atoms with van der Waals surface area (Å²) in [5.74, 6) is -1.78. The van der Waals surface area contributed by atoms with Gasteiger partial charge in [0.05, 0.1) is 5.56 Å². The van der Waals surface area contributed by atoms with E-state index >= 15 is 0 Å². The quantitative estimate of drug-likeness (QED) is 0.381. The first-order valence-corrected chi connectivity index (χ1v) is 13.4. The minimum atomic E-state index is -0.983. The van der Waals surface area contributed by atoms with E-state index in [1.54, 1.807) is 38.1 Å². The third-order valence-corrected chi connectivity index (χ3v) is 7.13. The van der Waals surface area contributed by atoms with Crippen molar-refractivity contribution in [2.75, 3.05) is 0 Å². The monoisotopic (exact) mass is 536 g/mol. The molecule has 2 heterocycles. The molecule has 10 nitrogen and oxygen atoms in total. The summed E-state index contributed by atoms with van der Waals surface area (Å²) in [5, 5.41) is 21.5. The Kier molecular flexibility index (Phi) is 8.73. The number of hydrogen-bond donors (Lipinski definition) is 5. The summed E-state index contributed by atoms with van der Waals surface area (Å²) in [6.07, 6.45) is 4.18. The molecule has 0 aromatic heterocycles. The molecule has 2 aromatic rings. The highest BCUT2D eigenvalue weighted by molar-refractivity contribution is 6.00. The van der Waals surface area contributed by atoms with E-state index in [1.807, 2.05) is 0 Å². The van der Waals surface area contributed by atoms with Crippen LogP contribution in [0.1, 0.15) is 62.4 Å². The first-order chi connectivity index (χ1) is 18.6. The molecule has 1 saturated carbocycles. The van der Waals surface area contributed by atoms with Crippen molar-refractivity contribution in [1.82, 2.24) is 21.3 Å². The lowest BCUT2D eigenvalue weighted by atomic mass is 10.0. The first kappa shape index (κ1) is 27.9. The molecular formula is C29H36N4O6. The van der Waals surface area contributed by atoms with Crippen molar-refractivity contribution >= 4 is 23.6 Å². The first-order valence-electron chi connectivity index (χ1n) is 13.4. The van der Waals surface area contributed by atoms with Crippen molar-refractivity contribution in [3.63, 3.8) is 0 Å². The number of nitrogens with one attached hydrogen (secondary N) is 4. The van der Waals surface area contributed by atoms with E-state index in [0.29, 0.717) is 11.5 Å². The van der Waals surface area contributed by atoms with Crippen LogP contribution in [0.4, 0.5) is 0 Å². The number of benzene rings is 2. The predicted octanol–water partition coefficient (Wildman–Crippen LogP) is 2.54. The van der Waals surface area contributed by atoms with Gasteiger partial charge in [-0.1, -0.05) is 38.8 Å². The molecule has 2 aromatic carbocycles. The van der Waals surface area contributed by atoms with Gasteiger partial charge in [0.1, 0.15) is 35.4 Å². The van der Waals surface area contributed by atoms with Crippen LogP contribution in [0.25, 0.3) is 0 Å². The molecule has 5 rings (SSSR count). The maximum absolute atomic E-state index is 13.2. The molecule has 39 heavy (non-hydrogen) atoms. The zero-order valence-electron chi connectivity index (χ0n) is 22.5. The molecule has 0 unspecified atom stereocenters. The van der Waals surface area contributed by atoms with E-state index in [4.69, 9.17) is 4.74 Å². The van der Waals surface area contributed by atoms with E-state index < -0.39 is 35.8 Å². The highest BCUT2D eigenvalue weighted by atomic mass is 16.5. The number of aromatic hydroxyl groups is 1. The van der Waals surface area contributed by atoms with Crippen molar-refractivity contribution in [3.8, 4) is 17.2 Å². The van der Waals surface area contributed by atoms with E-state index in [2.05, 4.69) is 21.3 Å². The molecule has 5 N–H and O–H groups in total. The number of carbonyl (C=O) groups is 4. The third-order valence-electron chi connectivity index (χ3n) is 7.13. The van der Waals surface area contributed by atoms with E-state index in [-0.39, 0.29) is 35.6 Å². The standard InChI is InChI=1S/C29H36N4O6/c1-16(2)25-29(38)30-17(3)26(35)32-23(28(37)31-19-6-4-5-7-19)14-18-8-10-20(11-9-18)39-21-12-13-24(34)22(15-21)27(36)33-25/h8-13,15-17,19,23,25,34H,4-7,14H2,1-3H3,(H,30,38)(H,31,37)(H,32,35)(H,33,36)/t17-,23+,25-/m0/s1. The zero-order valence-corrected chi connectivity index (χ0v) is 22.5. The third kappa shape index (κ3) is 7.07. The van der Waals surface area contributed by atoms with Crippen LogP contribution >= 0.6 is 0 Å². The van der Waals surface area contributed by atoms with Crippen LogP contribution in [0, 0.1) is 5.92 Å². The van der Waals surface area contributed by atoms with Gasteiger partial charge in [0.25, 0.3) is 5.91 Å². The molecule has 1 fully saturated rings. The van der Waals surface area contributed by atoms with Gasteiger partial charge in [-0.3, -0.25) is 19.2 Å². The number of phenolic OH excluding ortho intramolecular Hbond substituents is 1. The van der Waals surface area contributed by atoms with Gasteiger partial charge < -0.3 is 31.1 Å². The number of fused-ring (bicyclic) bond motifs is 11. The lowest BCUT2D eigenvalue weighted by molar-refractivity contribution is -0.132. The fourth-order valence-electron chi connectivity index (χ4n) is 4.83. The second-order valence-corrected chi connectivity index (χ2v) is 10.6. The highest BCUT2D eigenvalue weighted by Crippen LogP contribution is 2.28. The second-order valence-electron chi connectivity index (χ2n) is 10.6. The summed E-state index contributed by atoms with van der Waals surface area (Å²) in [7, 11) is 0. The van der Waals surface area contributed by atoms with Gasteiger partial charge in [-0.15, -0.1) is 0 Å². The molecule has 4 bridgehead atoms. The lowest BCUT2D eigenvalue weighted by Crippen LogP contribution is -2.57. The number of rotatable bonds is 3. The summed E-state index contributed by atoms with van der Waals surface area (Å²) in [6.45, 7) is 5.04. The van der Waals surface area contributed by atoms with Crippen molar-refractivity contribution < 1.29 is 29.0 Å². The number of ether oxygens (including phenoxy) is 1. The van der Waals surface area contributed by atoms with Crippen LogP contribution in [0.3, 0.4) is 0 Å². The maximum Gasteiger partial charge on any atom is 0.255 e. The normalized spacial score (nSPS) is 22.8. The minimum Gasteiger partial charge on any atom is -0.507 e. The summed E-state index contributed by atoms with van der Waals surface area (Å²) in [5.41, 5.74) is 0.753. The Morgan fingerprint density at radius 3 is 2.28 bits per heavy atom. The summed E-state index contributed by atoms with van der Waals surface area (Å²) >= 11 is 0. The molecule has 4 amide bonds. The predicted molar refractivity (Wildman–Crippen MR) is 144 cm³/mol. The Labute approximate surface area is 227 Å². The second kappa shape index (κ2) is 12.2. The fraction of sp³-hybridized carbons (Fsp3) is 0.448. The van der Waals surface area contributed by atoms with Crippen molar-refractivity contribution in [2.45, 2.75) is 77.0 Å². The zero-order chi connectivity index (χ0) is 28.1. The van der Waals surface area contributed by atoms with Crippen molar-refractivity contribution in [3.05, 3.63) is 53.6 Å². The summed E-state index contributed by atoms with van der Waals surface area (Å²) in [4.78, 5) is 52.5. The Bertz CT molecular complexity index is 1220.